The van der Waals surface area contributed by atoms with E-state index in [1.165, 1.54) is 32.0 Å². The predicted octanol–water partition coefficient (Wildman–Crippen LogP) is 2.28. The van der Waals surface area contributed by atoms with E-state index in [0.717, 1.165) is 57.9 Å². The van der Waals surface area contributed by atoms with Crippen LogP contribution in [0.15, 0.2) is 16.9 Å². The van der Waals surface area contributed by atoms with Crippen molar-refractivity contribution < 1.29 is 18.6 Å². The summed E-state index contributed by atoms with van der Waals surface area (Å²) in [6, 6.07) is 4.43. The summed E-state index contributed by atoms with van der Waals surface area (Å²) in [4.78, 5) is 25.0. The molecule has 0 aliphatic carbocycles. The van der Waals surface area contributed by atoms with Gasteiger partial charge in [0.25, 0.3) is 5.56 Å². The zero-order chi connectivity index (χ0) is 25.9. The van der Waals surface area contributed by atoms with Crippen LogP contribution < -0.4 is 15.6 Å². The van der Waals surface area contributed by atoms with Crippen molar-refractivity contribution in [2.24, 2.45) is 5.92 Å². The number of halogens is 1. The molecule has 1 aromatic carbocycles. The topological polar surface area (TPSA) is 92.0 Å². The molecule has 2 N–H and O–H groups in total. The zero-order valence-electron chi connectivity index (χ0n) is 22.1. The van der Waals surface area contributed by atoms with E-state index in [0.29, 0.717) is 48.9 Å². The lowest BCUT2D eigenvalue weighted by Gasteiger charge is -2.51. The van der Waals surface area contributed by atoms with Gasteiger partial charge in [-0.1, -0.05) is 0 Å². The molecule has 9 nitrogen and oxygen atoms in total. The molecule has 208 valence electrons. The molecule has 4 aliphatic heterocycles. The molecular formula is C28H40FN5O4. The number of rotatable bonds is 8. The van der Waals surface area contributed by atoms with Crippen molar-refractivity contribution in [3.8, 4) is 5.75 Å². The van der Waals surface area contributed by atoms with Gasteiger partial charge in [-0.3, -0.25) is 14.6 Å². The quantitative estimate of drug-likeness (QED) is 0.538. The van der Waals surface area contributed by atoms with Gasteiger partial charge in [0.1, 0.15) is 29.4 Å². The molecule has 1 aromatic heterocycles. The Kier molecular flexibility index (Phi) is 8.22. The zero-order valence-corrected chi connectivity index (χ0v) is 22.1. The Morgan fingerprint density at radius 2 is 1.76 bits per heavy atom. The SMILES string of the molecule is O=c1[nH]c(COC2CCOCC2)nc2cc(OCC3CCN(C4CN(C5CCNCC5)C4)CC3)cc(F)c12. The maximum atomic E-state index is 14.8. The lowest BCUT2D eigenvalue weighted by molar-refractivity contribution is -0.0408. The smallest absolute Gasteiger partial charge is 0.261 e. The molecule has 5 heterocycles. The largest absolute Gasteiger partial charge is 0.493 e. The van der Waals surface area contributed by atoms with Gasteiger partial charge in [-0.25, -0.2) is 9.37 Å². The standard InChI is InChI=1S/C28H40FN5O4/c29-24-13-23(14-25-27(24)28(35)32-26(31-25)18-38-22-5-11-36-12-6-22)37-17-19-3-9-33(10-4-19)21-15-34(16-21)20-1-7-30-8-2-20/h13-14,19-22,30H,1-12,15-18H2,(H,31,32,35). The second-order valence-electron chi connectivity index (χ2n) is 11.3. The first-order valence-electron chi connectivity index (χ1n) is 14.4. The molecule has 38 heavy (non-hydrogen) atoms. The molecule has 2 aromatic rings. The monoisotopic (exact) mass is 529 g/mol. The van der Waals surface area contributed by atoms with E-state index in [-0.39, 0.29) is 18.1 Å². The van der Waals surface area contributed by atoms with Gasteiger partial charge in [-0.05, 0) is 70.6 Å². The first-order valence-corrected chi connectivity index (χ1v) is 14.4. The summed E-state index contributed by atoms with van der Waals surface area (Å²) in [6.07, 6.45) is 6.45. The Hall–Kier alpha value is -2.11. The van der Waals surface area contributed by atoms with Crippen LogP contribution in [0.1, 0.15) is 44.3 Å². The van der Waals surface area contributed by atoms with E-state index in [2.05, 4.69) is 25.1 Å². The van der Waals surface area contributed by atoms with Crippen LogP contribution in [0, 0.1) is 11.7 Å². The van der Waals surface area contributed by atoms with E-state index in [1.807, 2.05) is 0 Å². The van der Waals surface area contributed by atoms with Gasteiger partial charge in [0, 0.05) is 50.5 Å². The summed E-state index contributed by atoms with van der Waals surface area (Å²) in [5.74, 6) is 0.651. The van der Waals surface area contributed by atoms with Crippen molar-refractivity contribution in [1.82, 2.24) is 25.1 Å². The second kappa shape index (κ2) is 12.0. The Labute approximate surface area is 223 Å². The first-order chi connectivity index (χ1) is 18.6. The van der Waals surface area contributed by atoms with Crippen LogP contribution in [-0.2, 0) is 16.1 Å². The maximum Gasteiger partial charge on any atom is 0.261 e. The lowest BCUT2D eigenvalue weighted by Crippen LogP contribution is -2.64. The first kappa shape index (κ1) is 26.1. The van der Waals surface area contributed by atoms with Gasteiger partial charge in [-0.2, -0.15) is 0 Å². The van der Waals surface area contributed by atoms with E-state index >= 15 is 0 Å². The minimum absolute atomic E-state index is 0.0421. The molecule has 0 unspecified atom stereocenters. The van der Waals surface area contributed by atoms with Crippen molar-refractivity contribution in [2.45, 2.75) is 63.3 Å². The number of likely N-dealkylation sites (tertiary alicyclic amines) is 2. The number of nitrogens with one attached hydrogen (secondary N) is 2. The third-order valence-corrected chi connectivity index (χ3v) is 8.77. The van der Waals surface area contributed by atoms with E-state index < -0.39 is 11.4 Å². The minimum atomic E-state index is -0.610. The van der Waals surface area contributed by atoms with Crippen molar-refractivity contribution in [2.75, 3.05) is 59.1 Å². The molecule has 4 saturated heterocycles. The predicted molar refractivity (Wildman–Crippen MR) is 142 cm³/mol. The number of nitrogens with zero attached hydrogens (tertiary/aromatic N) is 3. The van der Waals surface area contributed by atoms with Gasteiger partial charge >= 0.3 is 0 Å². The van der Waals surface area contributed by atoms with Crippen LogP contribution in [0.2, 0.25) is 0 Å². The number of aromatic nitrogens is 2. The highest BCUT2D eigenvalue weighted by Gasteiger charge is 2.37. The molecule has 0 spiro atoms. The molecule has 6 rings (SSSR count). The lowest BCUT2D eigenvalue weighted by atomic mass is 9.93. The maximum absolute atomic E-state index is 14.8. The fraction of sp³-hybridized carbons (Fsp3) is 0.714. The Morgan fingerprint density at radius 1 is 1.00 bits per heavy atom. The highest BCUT2D eigenvalue weighted by atomic mass is 19.1. The molecular weight excluding hydrogens is 489 g/mol. The Morgan fingerprint density at radius 3 is 2.53 bits per heavy atom. The van der Waals surface area contributed by atoms with Crippen LogP contribution in [0.5, 0.6) is 5.75 Å². The second-order valence-corrected chi connectivity index (χ2v) is 11.3. The molecule has 0 radical (unpaired) electrons. The van der Waals surface area contributed by atoms with Crippen molar-refractivity contribution in [3.05, 3.63) is 34.1 Å². The van der Waals surface area contributed by atoms with E-state index in [4.69, 9.17) is 14.2 Å². The van der Waals surface area contributed by atoms with Crippen molar-refractivity contribution in [1.29, 1.82) is 0 Å². The van der Waals surface area contributed by atoms with Crippen LogP contribution >= 0.6 is 0 Å². The van der Waals surface area contributed by atoms with Crippen LogP contribution in [0.25, 0.3) is 10.9 Å². The summed E-state index contributed by atoms with van der Waals surface area (Å²) in [5.41, 5.74) is -0.195. The average Bonchev–Trinajstić information content (AvgIpc) is 2.91. The molecule has 0 amide bonds. The number of ether oxygens (including phenoxy) is 3. The third kappa shape index (κ3) is 6.04. The number of aromatic amines is 1. The summed E-state index contributed by atoms with van der Waals surface area (Å²) in [7, 11) is 0. The molecule has 0 bridgehead atoms. The van der Waals surface area contributed by atoms with Crippen molar-refractivity contribution >= 4 is 10.9 Å². The molecule has 4 fully saturated rings. The van der Waals surface area contributed by atoms with Gasteiger partial charge in [0.05, 0.1) is 18.2 Å². The fourth-order valence-corrected chi connectivity index (χ4v) is 6.33. The average molecular weight is 530 g/mol. The molecule has 4 aliphatic rings. The number of H-pyrrole nitrogens is 1. The summed E-state index contributed by atoms with van der Waals surface area (Å²) < 4.78 is 32.1. The third-order valence-electron chi connectivity index (χ3n) is 8.77. The Bertz CT molecular complexity index is 1140. The number of piperidine rings is 2. The normalized spacial score (nSPS) is 23.6. The van der Waals surface area contributed by atoms with E-state index in [9.17, 15) is 9.18 Å². The van der Waals surface area contributed by atoms with Crippen LogP contribution in [-0.4, -0.2) is 97.0 Å². The minimum Gasteiger partial charge on any atom is -0.493 e. The van der Waals surface area contributed by atoms with Crippen LogP contribution in [0.4, 0.5) is 4.39 Å². The number of benzene rings is 1. The molecule has 10 heteroatoms. The van der Waals surface area contributed by atoms with Gasteiger partial charge in [0.2, 0.25) is 0 Å². The summed E-state index contributed by atoms with van der Waals surface area (Å²) in [5, 5.41) is 3.41. The number of hydrogen-bond acceptors (Lipinski definition) is 8. The van der Waals surface area contributed by atoms with Crippen molar-refractivity contribution in [3.63, 3.8) is 0 Å². The number of fused-ring (bicyclic) bond motifs is 1. The van der Waals surface area contributed by atoms with Gasteiger partial charge in [0.15, 0.2) is 0 Å². The van der Waals surface area contributed by atoms with E-state index in [1.54, 1.807) is 6.07 Å². The highest BCUT2D eigenvalue weighted by molar-refractivity contribution is 5.79. The Balaban J connectivity index is 0.998. The van der Waals surface area contributed by atoms with Crippen LogP contribution in [0.3, 0.4) is 0 Å². The highest BCUT2D eigenvalue weighted by Crippen LogP contribution is 2.28. The number of hydrogen-bond donors (Lipinski definition) is 2. The van der Waals surface area contributed by atoms with Gasteiger partial charge < -0.3 is 24.5 Å². The molecule has 0 atom stereocenters. The summed E-state index contributed by atoms with van der Waals surface area (Å²) in [6.45, 7) is 8.98. The summed E-state index contributed by atoms with van der Waals surface area (Å²) >= 11 is 0. The van der Waals surface area contributed by atoms with Gasteiger partial charge in [-0.15, -0.1) is 0 Å². The fourth-order valence-electron chi connectivity index (χ4n) is 6.33. The molecule has 0 saturated carbocycles.